The van der Waals surface area contributed by atoms with Gasteiger partial charge in [0.2, 0.25) is 5.91 Å². The summed E-state index contributed by atoms with van der Waals surface area (Å²) in [4.78, 5) is 37.5. The van der Waals surface area contributed by atoms with Crippen LogP contribution in [0.15, 0.2) is 48.5 Å². The van der Waals surface area contributed by atoms with Crippen LogP contribution in [0, 0.1) is 17.6 Å². The largest absolute Gasteiger partial charge is 0.416 e. The quantitative estimate of drug-likeness (QED) is 0.169. The molecule has 0 aromatic heterocycles. The molecule has 6 nitrogen and oxygen atoms in total. The standard InChI is InChI=1S/C28H17Cl3F9N3O3/c1-10(32)23(44)43-22-17(33)4-5-18(21(22)34)42-24(45)15-9-14(2-3-16(15)29)41-25(46)20-19(26(20,30)31)11-6-12(27(35,36)37)8-13(7-11)28(38,39)40/h2-10,19-20H,1H3,(H,41,46)(H,42,45)(H,43,44). The van der Waals surface area contributed by atoms with Gasteiger partial charge >= 0.3 is 12.4 Å². The predicted molar refractivity (Wildman–Crippen MR) is 151 cm³/mol. The lowest BCUT2D eigenvalue weighted by molar-refractivity contribution is -0.143. The molecule has 3 amide bonds. The lowest BCUT2D eigenvalue weighted by Gasteiger charge is -2.14. The van der Waals surface area contributed by atoms with Crippen LogP contribution in [-0.2, 0) is 21.9 Å². The molecule has 18 heteroatoms. The van der Waals surface area contributed by atoms with E-state index in [1.54, 1.807) is 5.32 Å². The predicted octanol–water partition coefficient (Wildman–Crippen LogP) is 8.73. The first-order chi connectivity index (χ1) is 21.1. The van der Waals surface area contributed by atoms with E-state index in [9.17, 15) is 53.9 Å². The molecule has 3 N–H and O–H groups in total. The number of halogens is 12. The van der Waals surface area contributed by atoms with E-state index in [0.29, 0.717) is 18.2 Å². The summed E-state index contributed by atoms with van der Waals surface area (Å²) in [6.45, 7) is 0.823. The molecular weight excluding hydrogens is 704 g/mol. The van der Waals surface area contributed by atoms with Crippen LogP contribution in [0.4, 0.5) is 56.6 Å². The maximum atomic E-state index is 14.9. The van der Waals surface area contributed by atoms with Gasteiger partial charge in [-0.3, -0.25) is 14.4 Å². The van der Waals surface area contributed by atoms with E-state index < -0.39 is 97.7 Å². The highest BCUT2D eigenvalue weighted by atomic mass is 35.5. The molecule has 3 atom stereocenters. The molecule has 46 heavy (non-hydrogen) atoms. The molecule has 1 aliphatic rings. The van der Waals surface area contributed by atoms with Crippen molar-refractivity contribution in [2.45, 2.75) is 35.7 Å². The number of carbonyl (C=O) groups excluding carboxylic acids is 3. The van der Waals surface area contributed by atoms with Crippen molar-refractivity contribution in [3.63, 3.8) is 0 Å². The summed E-state index contributed by atoms with van der Waals surface area (Å²) in [5, 5.41) is 5.85. The van der Waals surface area contributed by atoms with Gasteiger partial charge in [-0.2, -0.15) is 26.3 Å². The van der Waals surface area contributed by atoms with Crippen molar-refractivity contribution in [2.75, 3.05) is 16.0 Å². The summed E-state index contributed by atoms with van der Waals surface area (Å²) in [5.41, 5.74) is -6.13. The molecule has 3 aromatic rings. The second kappa shape index (κ2) is 12.5. The highest BCUT2D eigenvalue weighted by Gasteiger charge is 2.68. The molecule has 0 radical (unpaired) electrons. The Morgan fingerprint density at radius 3 is 1.98 bits per heavy atom. The molecule has 1 aliphatic carbocycles. The Morgan fingerprint density at radius 2 is 1.43 bits per heavy atom. The van der Waals surface area contributed by atoms with Crippen molar-refractivity contribution in [1.29, 1.82) is 0 Å². The van der Waals surface area contributed by atoms with Gasteiger partial charge in [0, 0.05) is 11.6 Å². The number of nitrogens with one attached hydrogen (secondary N) is 3. The van der Waals surface area contributed by atoms with Crippen molar-refractivity contribution < 1.29 is 53.9 Å². The van der Waals surface area contributed by atoms with Crippen LogP contribution in [0.3, 0.4) is 0 Å². The maximum Gasteiger partial charge on any atom is 0.416 e. The molecular formula is C28H17Cl3F9N3O3. The Hall–Kier alpha value is -3.69. The minimum atomic E-state index is -5.16. The Labute approximate surface area is 268 Å². The van der Waals surface area contributed by atoms with Crippen LogP contribution >= 0.6 is 34.8 Å². The number of hydrogen-bond acceptors (Lipinski definition) is 3. The number of alkyl halides is 9. The third-order valence-electron chi connectivity index (χ3n) is 6.73. The first-order valence-corrected chi connectivity index (χ1v) is 13.8. The van der Waals surface area contributed by atoms with Crippen molar-refractivity contribution in [2.24, 2.45) is 5.92 Å². The summed E-state index contributed by atoms with van der Waals surface area (Å²) in [7, 11) is 0. The lowest BCUT2D eigenvalue weighted by Crippen LogP contribution is -2.23. The van der Waals surface area contributed by atoms with Crippen molar-refractivity contribution in [3.8, 4) is 0 Å². The fraction of sp³-hybridized carbons (Fsp3) is 0.250. The minimum Gasteiger partial charge on any atom is -0.326 e. The highest BCUT2D eigenvalue weighted by Crippen LogP contribution is 2.65. The summed E-state index contributed by atoms with van der Waals surface area (Å²) in [5.74, 6) is -9.29. The number of hydrogen-bond donors (Lipinski definition) is 3. The van der Waals surface area contributed by atoms with Crippen LogP contribution in [0.5, 0.6) is 0 Å². The van der Waals surface area contributed by atoms with Crippen LogP contribution in [0.2, 0.25) is 5.02 Å². The van der Waals surface area contributed by atoms with Crippen LogP contribution < -0.4 is 16.0 Å². The minimum absolute atomic E-state index is 0.0927. The van der Waals surface area contributed by atoms with E-state index in [2.05, 4.69) is 10.6 Å². The zero-order valence-corrected chi connectivity index (χ0v) is 24.9. The number of benzene rings is 3. The van der Waals surface area contributed by atoms with Gasteiger partial charge in [0.15, 0.2) is 12.0 Å². The van der Waals surface area contributed by atoms with E-state index in [4.69, 9.17) is 34.8 Å². The molecule has 0 bridgehead atoms. The Balaban J connectivity index is 1.56. The third kappa shape index (κ3) is 7.31. The fourth-order valence-electron chi connectivity index (χ4n) is 4.40. The van der Waals surface area contributed by atoms with Crippen LogP contribution in [-0.4, -0.2) is 28.2 Å². The molecule has 0 heterocycles. The van der Waals surface area contributed by atoms with Gasteiger partial charge in [-0.05, 0) is 61.0 Å². The molecule has 0 aliphatic heterocycles. The average molecular weight is 721 g/mol. The molecule has 3 unspecified atom stereocenters. The number of anilines is 3. The Morgan fingerprint density at radius 1 is 0.848 bits per heavy atom. The molecule has 1 saturated carbocycles. The third-order valence-corrected chi connectivity index (χ3v) is 8.00. The fourth-order valence-corrected chi connectivity index (χ4v) is 5.43. The number of carbonyl (C=O) groups is 3. The number of rotatable bonds is 7. The molecule has 4 rings (SSSR count). The van der Waals surface area contributed by atoms with E-state index in [0.717, 1.165) is 25.1 Å². The summed E-state index contributed by atoms with van der Waals surface area (Å²) >= 11 is 18.3. The zero-order valence-electron chi connectivity index (χ0n) is 22.6. The normalized spacial score (nSPS) is 18.0. The van der Waals surface area contributed by atoms with Gasteiger partial charge in [-0.25, -0.2) is 13.2 Å². The van der Waals surface area contributed by atoms with Crippen LogP contribution in [0.1, 0.15) is 39.9 Å². The van der Waals surface area contributed by atoms with Gasteiger partial charge in [0.05, 0.1) is 33.3 Å². The van der Waals surface area contributed by atoms with Gasteiger partial charge in [0.25, 0.3) is 11.8 Å². The van der Waals surface area contributed by atoms with Gasteiger partial charge < -0.3 is 16.0 Å². The summed E-state index contributed by atoms with van der Waals surface area (Å²) in [6, 6.07) is 5.46. The highest BCUT2D eigenvalue weighted by molar-refractivity contribution is 6.53. The average Bonchev–Trinajstić information content (AvgIpc) is 3.53. The van der Waals surface area contributed by atoms with Crippen molar-refractivity contribution in [3.05, 3.63) is 87.4 Å². The van der Waals surface area contributed by atoms with E-state index in [1.165, 1.54) is 6.07 Å². The van der Waals surface area contributed by atoms with Gasteiger partial charge in [-0.1, -0.05) is 11.6 Å². The molecule has 0 saturated heterocycles. The molecule has 0 spiro atoms. The SMILES string of the molecule is CC(F)C(=O)Nc1c(F)ccc(NC(=O)c2cc(NC(=O)C3C(c4cc(C(F)(F)F)cc(C(F)(F)F)c4)C3(Cl)Cl)ccc2Cl)c1F. The van der Waals surface area contributed by atoms with Crippen molar-refractivity contribution in [1.82, 2.24) is 0 Å². The van der Waals surface area contributed by atoms with Crippen LogP contribution in [0.25, 0.3) is 0 Å². The summed E-state index contributed by atoms with van der Waals surface area (Å²) in [6.07, 6.45) is -12.4. The maximum absolute atomic E-state index is 14.9. The van der Waals surface area contributed by atoms with Gasteiger partial charge in [0.1, 0.15) is 15.8 Å². The Kier molecular flexibility index (Phi) is 9.55. The van der Waals surface area contributed by atoms with E-state index in [-0.39, 0.29) is 16.8 Å². The zero-order chi connectivity index (χ0) is 34.5. The smallest absolute Gasteiger partial charge is 0.326 e. The number of amides is 3. The van der Waals surface area contributed by atoms with Gasteiger partial charge in [-0.15, -0.1) is 23.2 Å². The molecule has 3 aromatic carbocycles. The first kappa shape index (κ1) is 35.2. The Bertz CT molecular complexity index is 1700. The monoisotopic (exact) mass is 719 g/mol. The van der Waals surface area contributed by atoms with E-state index >= 15 is 0 Å². The van der Waals surface area contributed by atoms with E-state index in [1.807, 2.05) is 0 Å². The lowest BCUT2D eigenvalue weighted by atomic mass is 10.0. The second-order valence-electron chi connectivity index (χ2n) is 10.00. The second-order valence-corrected chi connectivity index (χ2v) is 11.8. The topological polar surface area (TPSA) is 87.3 Å². The molecule has 246 valence electrons. The molecule has 1 fully saturated rings. The summed E-state index contributed by atoms with van der Waals surface area (Å²) < 4.78 is 120. The first-order valence-electron chi connectivity index (χ1n) is 12.6. The van der Waals surface area contributed by atoms with Crippen molar-refractivity contribution >= 4 is 69.6 Å².